The van der Waals surface area contributed by atoms with Crippen molar-refractivity contribution in [2.75, 3.05) is 13.7 Å². The standard InChI is InChI=1S/C22H22O6S/c1-14(23)28-20(16-4-3-5-18(11-16)26-2)13-27-17-8-6-15(7-9-17)10-21-19(24)12-22(25)29-21/h3-9,11,20-21H,10,12-13H2,1-2H3/t20-,21?/m0/s1. The van der Waals surface area contributed by atoms with Gasteiger partial charge in [0.1, 0.15) is 18.1 Å². The van der Waals surface area contributed by atoms with E-state index in [4.69, 9.17) is 14.2 Å². The van der Waals surface area contributed by atoms with Gasteiger partial charge in [-0.05, 0) is 41.8 Å². The van der Waals surface area contributed by atoms with E-state index in [1.165, 1.54) is 6.92 Å². The molecule has 6 nitrogen and oxygen atoms in total. The Morgan fingerprint density at radius 3 is 2.52 bits per heavy atom. The fourth-order valence-corrected chi connectivity index (χ4v) is 4.06. The summed E-state index contributed by atoms with van der Waals surface area (Å²) in [6, 6.07) is 14.6. The van der Waals surface area contributed by atoms with E-state index in [2.05, 4.69) is 0 Å². The van der Waals surface area contributed by atoms with Crippen LogP contribution < -0.4 is 9.47 Å². The number of hydrogen-bond acceptors (Lipinski definition) is 7. The highest BCUT2D eigenvalue weighted by atomic mass is 32.2. The smallest absolute Gasteiger partial charge is 0.303 e. The number of methoxy groups -OCH3 is 1. The minimum Gasteiger partial charge on any atom is -0.497 e. The van der Waals surface area contributed by atoms with Crippen molar-refractivity contribution in [2.45, 2.75) is 31.1 Å². The SMILES string of the molecule is COc1cccc([C@H](COc2ccc(CC3SC(=O)CC3=O)cc2)OC(C)=O)c1. The van der Waals surface area contributed by atoms with Crippen LogP contribution in [-0.4, -0.2) is 35.8 Å². The Morgan fingerprint density at radius 2 is 1.90 bits per heavy atom. The van der Waals surface area contributed by atoms with Gasteiger partial charge in [0, 0.05) is 6.92 Å². The molecule has 0 amide bonds. The minimum atomic E-state index is -0.569. The average Bonchev–Trinajstić information content (AvgIpc) is 3.02. The van der Waals surface area contributed by atoms with Gasteiger partial charge in [-0.15, -0.1) is 0 Å². The normalized spacial score (nSPS) is 17.1. The van der Waals surface area contributed by atoms with Gasteiger partial charge >= 0.3 is 5.97 Å². The van der Waals surface area contributed by atoms with Crippen molar-refractivity contribution < 1.29 is 28.6 Å². The number of Topliss-reactive ketones (excluding diaryl/α,β-unsaturated/α-hetero) is 1. The number of esters is 1. The highest BCUT2D eigenvalue weighted by Gasteiger charge is 2.31. The van der Waals surface area contributed by atoms with Crippen LogP contribution >= 0.6 is 11.8 Å². The maximum Gasteiger partial charge on any atom is 0.303 e. The first-order valence-corrected chi connectivity index (χ1v) is 10.1. The molecule has 2 aromatic rings. The maximum absolute atomic E-state index is 11.8. The third-order valence-electron chi connectivity index (χ3n) is 4.47. The second-order valence-electron chi connectivity index (χ2n) is 6.66. The topological polar surface area (TPSA) is 78.9 Å². The molecule has 1 heterocycles. The highest BCUT2D eigenvalue weighted by Crippen LogP contribution is 2.29. The van der Waals surface area contributed by atoms with Crippen molar-refractivity contribution >= 4 is 28.6 Å². The molecule has 2 aromatic carbocycles. The Labute approximate surface area is 173 Å². The van der Waals surface area contributed by atoms with Gasteiger partial charge in [0.15, 0.2) is 17.0 Å². The van der Waals surface area contributed by atoms with Gasteiger partial charge in [0.2, 0.25) is 0 Å². The summed E-state index contributed by atoms with van der Waals surface area (Å²) in [5.74, 6) is 0.880. The maximum atomic E-state index is 11.8. The summed E-state index contributed by atoms with van der Waals surface area (Å²) < 4.78 is 16.4. The molecular weight excluding hydrogens is 392 g/mol. The van der Waals surface area contributed by atoms with Gasteiger partial charge in [-0.2, -0.15) is 0 Å². The predicted octanol–water partition coefficient (Wildman–Crippen LogP) is 3.52. The lowest BCUT2D eigenvalue weighted by Crippen LogP contribution is -2.16. The first-order chi connectivity index (χ1) is 13.9. The Kier molecular flexibility index (Phi) is 6.93. The molecule has 29 heavy (non-hydrogen) atoms. The third-order valence-corrected chi connectivity index (χ3v) is 5.59. The van der Waals surface area contributed by atoms with E-state index in [-0.39, 0.29) is 29.2 Å². The molecular formula is C22H22O6S. The predicted molar refractivity (Wildman–Crippen MR) is 109 cm³/mol. The van der Waals surface area contributed by atoms with Gasteiger partial charge < -0.3 is 14.2 Å². The first-order valence-electron chi connectivity index (χ1n) is 9.19. The van der Waals surface area contributed by atoms with Gasteiger partial charge in [0.25, 0.3) is 0 Å². The molecule has 0 N–H and O–H groups in total. The number of ether oxygens (including phenoxy) is 3. The van der Waals surface area contributed by atoms with Crippen molar-refractivity contribution in [3.8, 4) is 11.5 Å². The van der Waals surface area contributed by atoms with Crippen LogP contribution in [0, 0.1) is 0 Å². The summed E-state index contributed by atoms with van der Waals surface area (Å²) in [4.78, 5) is 34.6. The van der Waals surface area contributed by atoms with Crippen LogP contribution in [0.2, 0.25) is 0 Å². The third kappa shape index (κ3) is 5.84. The monoisotopic (exact) mass is 414 g/mol. The minimum absolute atomic E-state index is 0.0113. The van der Waals surface area contributed by atoms with Crippen LogP contribution in [0.5, 0.6) is 11.5 Å². The molecule has 7 heteroatoms. The molecule has 0 aliphatic carbocycles. The molecule has 1 aliphatic rings. The van der Waals surface area contributed by atoms with Crippen LogP contribution in [0.4, 0.5) is 0 Å². The van der Waals surface area contributed by atoms with E-state index in [1.54, 1.807) is 25.3 Å². The largest absolute Gasteiger partial charge is 0.497 e. The van der Waals surface area contributed by atoms with Gasteiger partial charge in [-0.1, -0.05) is 36.0 Å². The number of carbonyl (C=O) groups excluding carboxylic acids is 3. The van der Waals surface area contributed by atoms with E-state index >= 15 is 0 Å². The second kappa shape index (κ2) is 9.60. The Morgan fingerprint density at radius 1 is 1.14 bits per heavy atom. The van der Waals surface area contributed by atoms with Crippen LogP contribution in [0.25, 0.3) is 0 Å². The second-order valence-corrected chi connectivity index (χ2v) is 7.92. The Hall–Kier alpha value is -2.80. The van der Waals surface area contributed by atoms with E-state index in [9.17, 15) is 14.4 Å². The average molecular weight is 414 g/mol. The highest BCUT2D eigenvalue weighted by molar-refractivity contribution is 8.15. The van der Waals surface area contributed by atoms with E-state index in [0.717, 1.165) is 22.9 Å². The van der Waals surface area contributed by atoms with Crippen LogP contribution in [-0.2, 0) is 25.5 Å². The summed E-state index contributed by atoms with van der Waals surface area (Å²) >= 11 is 1.11. The molecule has 2 atom stereocenters. The molecule has 0 aromatic heterocycles. The van der Waals surface area contributed by atoms with Crippen LogP contribution in [0.3, 0.4) is 0 Å². The Bertz CT molecular complexity index is 892. The summed E-state index contributed by atoms with van der Waals surface area (Å²) in [6.45, 7) is 1.51. The molecule has 0 saturated carbocycles. The summed E-state index contributed by atoms with van der Waals surface area (Å²) in [5.41, 5.74) is 1.74. The lowest BCUT2D eigenvalue weighted by Gasteiger charge is -2.19. The first kappa shape index (κ1) is 20.9. The lowest BCUT2D eigenvalue weighted by molar-refractivity contribution is -0.148. The van der Waals surface area contributed by atoms with Gasteiger partial charge in [-0.25, -0.2) is 0 Å². The summed E-state index contributed by atoms with van der Waals surface area (Å²) in [7, 11) is 1.57. The quantitative estimate of drug-likeness (QED) is 0.483. The lowest BCUT2D eigenvalue weighted by atomic mass is 10.1. The number of ketones is 1. The van der Waals surface area contributed by atoms with Crippen molar-refractivity contribution in [3.05, 3.63) is 59.7 Å². The van der Waals surface area contributed by atoms with Crippen LogP contribution in [0.15, 0.2) is 48.5 Å². The number of thioether (sulfide) groups is 1. The zero-order valence-corrected chi connectivity index (χ0v) is 17.1. The Balaban J connectivity index is 1.62. The van der Waals surface area contributed by atoms with Gasteiger partial charge in [0.05, 0.1) is 18.8 Å². The van der Waals surface area contributed by atoms with Crippen molar-refractivity contribution in [1.29, 1.82) is 0 Å². The summed E-state index contributed by atoms with van der Waals surface area (Å²) in [6.07, 6.45) is -0.0194. The van der Waals surface area contributed by atoms with Crippen molar-refractivity contribution in [3.63, 3.8) is 0 Å². The number of hydrogen-bond donors (Lipinski definition) is 0. The zero-order valence-electron chi connectivity index (χ0n) is 16.3. The molecule has 1 fully saturated rings. The van der Waals surface area contributed by atoms with Crippen LogP contribution in [0.1, 0.15) is 30.6 Å². The molecule has 1 aliphatic heterocycles. The molecule has 152 valence electrons. The molecule has 1 unspecified atom stereocenters. The van der Waals surface area contributed by atoms with Crippen molar-refractivity contribution in [1.82, 2.24) is 0 Å². The molecule has 0 bridgehead atoms. The molecule has 3 rings (SSSR count). The van der Waals surface area contributed by atoms with E-state index in [0.29, 0.717) is 17.9 Å². The molecule has 0 spiro atoms. The van der Waals surface area contributed by atoms with Gasteiger partial charge in [-0.3, -0.25) is 14.4 Å². The fourth-order valence-electron chi connectivity index (χ4n) is 3.03. The molecule has 1 saturated heterocycles. The number of rotatable bonds is 8. The fraction of sp³-hybridized carbons (Fsp3) is 0.318. The zero-order chi connectivity index (χ0) is 20.8. The number of carbonyl (C=O) groups is 3. The van der Waals surface area contributed by atoms with Crippen molar-refractivity contribution in [2.24, 2.45) is 0 Å². The van der Waals surface area contributed by atoms with E-state index in [1.807, 2.05) is 30.3 Å². The molecule has 0 radical (unpaired) electrons. The number of benzene rings is 2. The summed E-state index contributed by atoms with van der Waals surface area (Å²) in [5, 5.41) is -0.357. The van der Waals surface area contributed by atoms with E-state index < -0.39 is 12.1 Å².